The molecule has 3 heterocycles. The van der Waals surface area contributed by atoms with Gasteiger partial charge in [0.05, 0.1) is 12.0 Å². The smallest absolute Gasteiger partial charge is 0.235 e. The Morgan fingerprint density at radius 1 is 1.40 bits per heavy atom. The first kappa shape index (κ1) is 13.2. The van der Waals surface area contributed by atoms with Crippen molar-refractivity contribution in [1.82, 2.24) is 20.4 Å². The number of nitrogens with zero attached hydrogens (tertiary/aromatic N) is 3. The van der Waals surface area contributed by atoms with Gasteiger partial charge in [0.25, 0.3) is 0 Å². The zero-order valence-electron chi connectivity index (χ0n) is 11.5. The summed E-state index contributed by atoms with van der Waals surface area (Å²) in [5, 5.41) is 7.44. The molecule has 106 valence electrons. The van der Waals surface area contributed by atoms with E-state index >= 15 is 0 Å². The van der Waals surface area contributed by atoms with Gasteiger partial charge in [-0.1, -0.05) is 5.16 Å². The molecule has 0 unspecified atom stereocenters. The van der Waals surface area contributed by atoms with Gasteiger partial charge in [0, 0.05) is 25.1 Å². The van der Waals surface area contributed by atoms with E-state index in [1.54, 1.807) is 19.5 Å². The molecule has 1 N–H and O–H groups in total. The minimum Gasteiger partial charge on any atom is -0.384 e. The number of aromatic nitrogens is 3. The standard InChI is InChI=1S/C14H18N4O2/c1-19-10-14(4-7-15-8-5-14)13-17-12(18-20-13)11-3-2-6-16-9-11/h2-3,6,9,15H,4-5,7-8,10H2,1H3. The van der Waals surface area contributed by atoms with E-state index in [-0.39, 0.29) is 5.41 Å². The summed E-state index contributed by atoms with van der Waals surface area (Å²) in [7, 11) is 1.71. The van der Waals surface area contributed by atoms with Crippen LogP contribution >= 0.6 is 0 Å². The van der Waals surface area contributed by atoms with Crippen molar-refractivity contribution in [1.29, 1.82) is 0 Å². The molecule has 1 fully saturated rings. The third kappa shape index (κ3) is 2.44. The van der Waals surface area contributed by atoms with Crippen LogP contribution in [0.15, 0.2) is 29.0 Å². The van der Waals surface area contributed by atoms with Crippen LogP contribution in [0.25, 0.3) is 11.4 Å². The summed E-state index contributed by atoms with van der Waals surface area (Å²) in [6.45, 7) is 2.48. The fraction of sp³-hybridized carbons (Fsp3) is 0.500. The van der Waals surface area contributed by atoms with E-state index in [1.807, 2.05) is 12.1 Å². The van der Waals surface area contributed by atoms with Crippen molar-refractivity contribution in [3.63, 3.8) is 0 Å². The van der Waals surface area contributed by atoms with Gasteiger partial charge in [-0.25, -0.2) is 0 Å². The number of rotatable bonds is 4. The maximum atomic E-state index is 5.52. The number of methoxy groups -OCH3 is 1. The Kier molecular flexibility index (Phi) is 3.75. The van der Waals surface area contributed by atoms with Crippen molar-refractivity contribution in [2.75, 3.05) is 26.8 Å². The highest BCUT2D eigenvalue weighted by Gasteiger charge is 2.39. The second-order valence-electron chi connectivity index (χ2n) is 5.13. The number of piperidine rings is 1. The van der Waals surface area contributed by atoms with Gasteiger partial charge in [0.15, 0.2) is 0 Å². The van der Waals surface area contributed by atoms with Crippen molar-refractivity contribution in [3.8, 4) is 11.4 Å². The molecule has 0 radical (unpaired) electrons. The lowest BCUT2D eigenvalue weighted by Crippen LogP contribution is -2.43. The fourth-order valence-electron chi connectivity index (χ4n) is 2.65. The third-order valence-electron chi connectivity index (χ3n) is 3.78. The Morgan fingerprint density at radius 3 is 2.95 bits per heavy atom. The van der Waals surface area contributed by atoms with Gasteiger partial charge in [0.1, 0.15) is 0 Å². The molecule has 2 aromatic heterocycles. The van der Waals surface area contributed by atoms with Crippen LogP contribution < -0.4 is 5.32 Å². The highest BCUT2D eigenvalue weighted by molar-refractivity contribution is 5.52. The van der Waals surface area contributed by atoms with Gasteiger partial charge in [-0.2, -0.15) is 4.98 Å². The Labute approximate surface area is 117 Å². The van der Waals surface area contributed by atoms with Crippen LogP contribution in [0.1, 0.15) is 18.7 Å². The van der Waals surface area contributed by atoms with Gasteiger partial charge in [-0.05, 0) is 38.1 Å². The van der Waals surface area contributed by atoms with Gasteiger partial charge in [0.2, 0.25) is 11.7 Å². The maximum absolute atomic E-state index is 5.52. The first-order valence-electron chi connectivity index (χ1n) is 6.78. The van der Waals surface area contributed by atoms with E-state index in [0.717, 1.165) is 31.5 Å². The Morgan fingerprint density at radius 2 is 2.25 bits per heavy atom. The molecular weight excluding hydrogens is 256 g/mol. The second kappa shape index (κ2) is 5.68. The van der Waals surface area contributed by atoms with Crippen LogP contribution in [-0.4, -0.2) is 41.9 Å². The highest BCUT2D eigenvalue weighted by atomic mass is 16.5. The quantitative estimate of drug-likeness (QED) is 0.908. The molecule has 1 saturated heterocycles. The maximum Gasteiger partial charge on any atom is 0.235 e. The van der Waals surface area contributed by atoms with Gasteiger partial charge in [-0.15, -0.1) is 0 Å². The van der Waals surface area contributed by atoms with E-state index in [1.165, 1.54) is 0 Å². The van der Waals surface area contributed by atoms with Crippen LogP contribution in [0, 0.1) is 0 Å². The number of hydrogen-bond donors (Lipinski definition) is 1. The molecule has 0 spiro atoms. The monoisotopic (exact) mass is 274 g/mol. The molecule has 3 rings (SSSR count). The zero-order valence-corrected chi connectivity index (χ0v) is 11.5. The second-order valence-corrected chi connectivity index (χ2v) is 5.13. The number of nitrogens with one attached hydrogen (secondary N) is 1. The van der Waals surface area contributed by atoms with Crippen molar-refractivity contribution >= 4 is 0 Å². The molecule has 0 aliphatic carbocycles. The van der Waals surface area contributed by atoms with Crippen LogP contribution in [0.2, 0.25) is 0 Å². The summed E-state index contributed by atoms with van der Waals surface area (Å²) >= 11 is 0. The predicted molar refractivity (Wildman–Crippen MR) is 73.2 cm³/mol. The zero-order chi connectivity index (χ0) is 13.8. The molecule has 1 aliphatic rings. The van der Waals surface area contributed by atoms with E-state index in [0.29, 0.717) is 18.3 Å². The summed E-state index contributed by atoms with van der Waals surface area (Å²) < 4.78 is 10.9. The molecule has 0 aromatic carbocycles. The number of hydrogen-bond acceptors (Lipinski definition) is 6. The summed E-state index contributed by atoms with van der Waals surface area (Å²) in [5.74, 6) is 1.25. The van der Waals surface area contributed by atoms with Gasteiger partial charge in [-0.3, -0.25) is 4.98 Å². The van der Waals surface area contributed by atoms with Crippen molar-refractivity contribution in [2.45, 2.75) is 18.3 Å². The lowest BCUT2D eigenvalue weighted by atomic mass is 9.79. The molecule has 1 aliphatic heterocycles. The van der Waals surface area contributed by atoms with Crippen LogP contribution in [0.5, 0.6) is 0 Å². The number of pyridine rings is 1. The molecule has 6 nitrogen and oxygen atoms in total. The molecule has 6 heteroatoms. The Bertz CT molecular complexity index is 544. The molecule has 0 atom stereocenters. The van der Waals surface area contributed by atoms with E-state index in [9.17, 15) is 0 Å². The predicted octanol–water partition coefficient (Wildman–Crippen LogP) is 1.40. The molecule has 0 saturated carbocycles. The van der Waals surface area contributed by atoms with Crippen molar-refractivity contribution in [3.05, 3.63) is 30.4 Å². The van der Waals surface area contributed by atoms with Crippen molar-refractivity contribution in [2.24, 2.45) is 0 Å². The van der Waals surface area contributed by atoms with E-state index in [2.05, 4.69) is 20.4 Å². The summed E-state index contributed by atoms with van der Waals surface area (Å²) in [4.78, 5) is 8.65. The van der Waals surface area contributed by atoms with Crippen LogP contribution in [0.4, 0.5) is 0 Å². The number of ether oxygens (including phenoxy) is 1. The molecular formula is C14H18N4O2. The minimum atomic E-state index is -0.173. The molecule has 2 aromatic rings. The average Bonchev–Trinajstić information content (AvgIpc) is 3.00. The van der Waals surface area contributed by atoms with E-state index in [4.69, 9.17) is 9.26 Å². The Balaban J connectivity index is 1.91. The first-order chi connectivity index (χ1) is 9.84. The summed E-state index contributed by atoms with van der Waals surface area (Å²) in [6, 6.07) is 3.79. The topological polar surface area (TPSA) is 73.1 Å². The molecule has 20 heavy (non-hydrogen) atoms. The molecule has 0 bridgehead atoms. The summed E-state index contributed by atoms with van der Waals surface area (Å²) in [5.41, 5.74) is 0.692. The minimum absolute atomic E-state index is 0.173. The SMILES string of the molecule is COCC1(c2nc(-c3cccnc3)no2)CCNCC1. The van der Waals surface area contributed by atoms with Gasteiger partial charge < -0.3 is 14.6 Å². The first-order valence-corrected chi connectivity index (χ1v) is 6.78. The van der Waals surface area contributed by atoms with Crippen LogP contribution in [0.3, 0.4) is 0 Å². The lowest BCUT2D eigenvalue weighted by Gasteiger charge is -2.33. The normalized spacial score (nSPS) is 18.1. The average molecular weight is 274 g/mol. The highest BCUT2D eigenvalue weighted by Crippen LogP contribution is 2.33. The fourth-order valence-corrected chi connectivity index (χ4v) is 2.65. The molecule has 0 amide bonds. The lowest BCUT2D eigenvalue weighted by molar-refractivity contribution is 0.0850. The summed E-state index contributed by atoms with van der Waals surface area (Å²) in [6.07, 6.45) is 5.34. The van der Waals surface area contributed by atoms with Gasteiger partial charge >= 0.3 is 0 Å². The largest absolute Gasteiger partial charge is 0.384 e. The third-order valence-corrected chi connectivity index (χ3v) is 3.78. The van der Waals surface area contributed by atoms with Crippen molar-refractivity contribution < 1.29 is 9.26 Å². The van der Waals surface area contributed by atoms with E-state index < -0.39 is 0 Å². The van der Waals surface area contributed by atoms with Crippen LogP contribution in [-0.2, 0) is 10.2 Å². The Hall–Kier alpha value is -1.79.